The van der Waals surface area contributed by atoms with E-state index in [1.54, 1.807) is 0 Å². The molecular formula is C19H29N3O2. The van der Waals surface area contributed by atoms with Gasteiger partial charge >= 0.3 is 6.03 Å². The first kappa shape index (κ1) is 17.1. The molecule has 0 atom stereocenters. The van der Waals surface area contributed by atoms with E-state index in [0.717, 1.165) is 31.6 Å². The third-order valence-corrected chi connectivity index (χ3v) is 5.19. The summed E-state index contributed by atoms with van der Waals surface area (Å²) in [5, 5.41) is 12.4. The summed E-state index contributed by atoms with van der Waals surface area (Å²) < 4.78 is 0. The van der Waals surface area contributed by atoms with Gasteiger partial charge in [-0.15, -0.1) is 0 Å². The highest BCUT2D eigenvalue weighted by Gasteiger charge is 2.25. The molecule has 24 heavy (non-hydrogen) atoms. The minimum atomic E-state index is -0.0884. The molecule has 0 aromatic heterocycles. The van der Waals surface area contributed by atoms with Gasteiger partial charge in [0.15, 0.2) is 0 Å². The molecule has 0 spiro atoms. The zero-order valence-corrected chi connectivity index (χ0v) is 14.4. The Balaban J connectivity index is 1.66. The van der Waals surface area contributed by atoms with Crippen molar-refractivity contribution in [1.29, 1.82) is 0 Å². The van der Waals surface area contributed by atoms with Crippen molar-refractivity contribution in [2.75, 3.05) is 36.5 Å². The number of hydrogen-bond donors (Lipinski definition) is 2. The fourth-order valence-electron chi connectivity index (χ4n) is 3.90. The highest BCUT2D eigenvalue weighted by molar-refractivity contribution is 5.90. The molecule has 1 aliphatic carbocycles. The summed E-state index contributed by atoms with van der Waals surface area (Å²) in [5.41, 5.74) is 2.01. The van der Waals surface area contributed by atoms with Gasteiger partial charge in [-0.25, -0.2) is 4.79 Å². The lowest BCUT2D eigenvalue weighted by Gasteiger charge is -2.34. The normalized spacial score (nSPS) is 18.6. The fourth-order valence-corrected chi connectivity index (χ4v) is 3.90. The van der Waals surface area contributed by atoms with E-state index < -0.39 is 0 Å². The van der Waals surface area contributed by atoms with E-state index in [9.17, 15) is 9.90 Å². The highest BCUT2D eigenvalue weighted by Crippen LogP contribution is 2.25. The molecule has 1 aromatic carbocycles. The number of benzene rings is 1. The van der Waals surface area contributed by atoms with Crippen molar-refractivity contribution in [3.63, 3.8) is 0 Å². The maximum Gasteiger partial charge on any atom is 0.322 e. The number of aliphatic hydroxyl groups excluding tert-OH is 1. The van der Waals surface area contributed by atoms with Crippen LogP contribution >= 0.6 is 0 Å². The van der Waals surface area contributed by atoms with Gasteiger partial charge in [-0.2, -0.15) is 0 Å². The van der Waals surface area contributed by atoms with Gasteiger partial charge in [0.2, 0.25) is 0 Å². The predicted molar refractivity (Wildman–Crippen MR) is 97.6 cm³/mol. The second-order valence-corrected chi connectivity index (χ2v) is 6.88. The summed E-state index contributed by atoms with van der Waals surface area (Å²) in [7, 11) is 0. The number of hydrogen-bond acceptors (Lipinski definition) is 3. The summed E-state index contributed by atoms with van der Waals surface area (Å²) in [5.74, 6) is 0. The van der Waals surface area contributed by atoms with Gasteiger partial charge in [0, 0.05) is 37.1 Å². The standard InChI is InChI=1S/C19H29N3O2/c23-14-13-22(17-8-2-1-3-9-17)19(24)20-16-7-6-10-18(15-16)21-11-4-5-12-21/h6-7,10,15,17,23H,1-5,8-9,11-14H2,(H,20,24). The molecule has 5 nitrogen and oxygen atoms in total. The van der Waals surface area contributed by atoms with E-state index in [2.05, 4.69) is 22.3 Å². The van der Waals surface area contributed by atoms with Gasteiger partial charge in [0.25, 0.3) is 0 Å². The van der Waals surface area contributed by atoms with Crippen LogP contribution in [0.25, 0.3) is 0 Å². The van der Waals surface area contributed by atoms with Gasteiger partial charge < -0.3 is 20.2 Å². The Labute approximate surface area is 144 Å². The first-order valence-electron chi connectivity index (χ1n) is 9.31. The first-order valence-corrected chi connectivity index (χ1v) is 9.31. The molecule has 5 heteroatoms. The average molecular weight is 331 g/mol. The van der Waals surface area contributed by atoms with Crippen LogP contribution in [0, 0.1) is 0 Å². The zero-order chi connectivity index (χ0) is 16.8. The molecule has 0 unspecified atom stereocenters. The Morgan fingerprint density at radius 2 is 1.92 bits per heavy atom. The van der Waals surface area contributed by atoms with E-state index in [1.807, 2.05) is 17.0 Å². The summed E-state index contributed by atoms with van der Waals surface area (Å²) >= 11 is 0. The maximum atomic E-state index is 12.7. The molecule has 2 fully saturated rings. The number of urea groups is 1. The largest absolute Gasteiger partial charge is 0.395 e. The predicted octanol–water partition coefficient (Wildman–Crippen LogP) is 3.45. The minimum absolute atomic E-state index is 0.0116. The molecular weight excluding hydrogens is 302 g/mol. The van der Waals surface area contributed by atoms with Crippen LogP contribution in [-0.2, 0) is 0 Å². The number of nitrogens with one attached hydrogen (secondary N) is 1. The van der Waals surface area contributed by atoms with E-state index >= 15 is 0 Å². The molecule has 1 aromatic rings. The van der Waals surface area contributed by atoms with Crippen LogP contribution in [0.3, 0.4) is 0 Å². The van der Waals surface area contributed by atoms with Gasteiger partial charge in [-0.05, 0) is 43.9 Å². The first-order chi connectivity index (χ1) is 11.8. The molecule has 1 aliphatic heterocycles. The molecule has 0 bridgehead atoms. The quantitative estimate of drug-likeness (QED) is 0.869. The van der Waals surface area contributed by atoms with Crippen LogP contribution in [0.1, 0.15) is 44.9 Å². The molecule has 1 saturated heterocycles. The van der Waals surface area contributed by atoms with Gasteiger partial charge in [0.1, 0.15) is 0 Å². The van der Waals surface area contributed by atoms with Crippen molar-refractivity contribution < 1.29 is 9.90 Å². The Hall–Kier alpha value is -1.75. The SMILES string of the molecule is O=C(Nc1cccc(N2CCCC2)c1)N(CCO)C1CCCCC1. The number of amides is 2. The summed E-state index contributed by atoms with van der Waals surface area (Å²) in [6, 6.07) is 8.27. The van der Waals surface area contributed by atoms with Crippen molar-refractivity contribution in [2.45, 2.75) is 51.0 Å². The molecule has 1 heterocycles. The molecule has 2 amide bonds. The fraction of sp³-hybridized carbons (Fsp3) is 0.632. The number of rotatable bonds is 5. The number of nitrogens with zero attached hydrogens (tertiary/aromatic N) is 2. The number of carbonyl (C=O) groups is 1. The number of aliphatic hydroxyl groups is 1. The molecule has 0 radical (unpaired) electrons. The minimum Gasteiger partial charge on any atom is -0.395 e. The van der Waals surface area contributed by atoms with Crippen LogP contribution in [0.2, 0.25) is 0 Å². The second kappa shape index (κ2) is 8.38. The van der Waals surface area contributed by atoms with Crippen molar-refractivity contribution in [3.05, 3.63) is 24.3 Å². The van der Waals surface area contributed by atoms with E-state index in [4.69, 9.17) is 0 Å². The van der Waals surface area contributed by atoms with Gasteiger partial charge in [-0.3, -0.25) is 0 Å². The van der Waals surface area contributed by atoms with Crippen LogP contribution < -0.4 is 10.2 Å². The van der Waals surface area contributed by atoms with Crippen LogP contribution in [-0.4, -0.2) is 48.3 Å². The topological polar surface area (TPSA) is 55.8 Å². The number of anilines is 2. The maximum absolute atomic E-state index is 12.7. The monoisotopic (exact) mass is 331 g/mol. The lowest BCUT2D eigenvalue weighted by Crippen LogP contribution is -2.45. The van der Waals surface area contributed by atoms with Crippen molar-refractivity contribution >= 4 is 17.4 Å². The van der Waals surface area contributed by atoms with Gasteiger partial charge in [-0.1, -0.05) is 25.3 Å². The molecule has 2 N–H and O–H groups in total. The molecule has 3 rings (SSSR count). The molecule has 1 saturated carbocycles. The Morgan fingerprint density at radius 3 is 2.62 bits per heavy atom. The summed E-state index contributed by atoms with van der Waals surface area (Å²) in [6.45, 7) is 2.60. The lowest BCUT2D eigenvalue weighted by molar-refractivity contribution is 0.144. The lowest BCUT2D eigenvalue weighted by atomic mass is 9.94. The Bertz CT molecular complexity index is 537. The average Bonchev–Trinajstić information content (AvgIpc) is 3.15. The highest BCUT2D eigenvalue weighted by atomic mass is 16.3. The summed E-state index contributed by atoms with van der Waals surface area (Å²) in [4.78, 5) is 16.9. The van der Waals surface area contributed by atoms with Crippen LogP contribution in [0.15, 0.2) is 24.3 Å². The van der Waals surface area contributed by atoms with E-state index in [1.165, 1.54) is 37.8 Å². The van der Waals surface area contributed by atoms with E-state index in [-0.39, 0.29) is 18.7 Å². The smallest absolute Gasteiger partial charge is 0.322 e. The zero-order valence-electron chi connectivity index (χ0n) is 14.4. The Morgan fingerprint density at radius 1 is 1.17 bits per heavy atom. The third-order valence-electron chi connectivity index (χ3n) is 5.19. The number of carbonyl (C=O) groups excluding carboxylic acids is 1. The van der Waals surface area contributed by atoms with Crippen LogP contribution in [0.4, 0.5) is 16.2 Å². The van der Waals surface area contributed by atoms with Crippen molar-refractivity contribution in [2.24, 2.45) is 0 Å². The van der Waals surface area contributed by atoms with Gasteiger partial charge in [0.05, 0.1) is 6.61 Å². The van der Waals surface area contributed by atoms with E-state index in [0.29, 0.717) is 6.54 Å². The van der Waals surface area contributed by atoms with Crippen LogP contribution in [0.5, 0.6) is 0 Å². The van der Waals surface area contributed by atoms with Crippen molar-refractivity contribution in [1.82, 2.24) is 4.90 Å². The molecule has 132 valence electrons. The summed E-state index contributed by atoms with van der Waals surface area (Å²) in [6.07, 6.45) is 8.16. The second-order valence-electron chi connectivity index (χ2n) is 6.88. The van der Waals surface area contributed by atoms with Crippen molar-refractivity contribution in [3.8, 4) is 0 Å². The Kier molecular flexibility index (Phi) is 5.96. The third kappa shape index (κ3) is 4.20. The molecule has 2 aliphatic rings.